The Balaban J connectivity index is 1.77. The first-order valence-electron chi connectivity index (χ1n) is 8.79. The van der Waals surface area contributed by atoms with Gasteiger partial charge in [0.1, 0.15) is 5.75 Å². The predicted octanol–water partition coefficient (Wildman–Crippen LogP) is 4.13. The van der Waals surface area contributed by atoms with Crippen LogP contribution in [0.15, 0.2) is 53.6 Å². The molecule has 26 heavy (non-hydrogen) atoms. The van der Waals surface area contributed by atoms with Crippen LogP contribution in [0.5, 0.6) is 5.75 Å². The van der Waals surface area contributed by atoms with E-state index in [4.69, 9.17) is 4.74 Å². The normalized spacial score (nSPS) is 11.2. The molecule has 0 saturated heterocycles. The number of hydrogen-bond acceptors (Lipinski definition) is 3. The van der Waals surface area contributed by atoms with Crippen molar-refractivity contribution in [3.63, 3.8) is 0 Å². The van der Waals surface area contributed by atoms with Crippen molar-refractivity contribution in [2.24, 2.45) is 5.10 Å². The van der Waals surface area contributed by atoms with E-state index < -0.39 is 0 Å². The zero-order valence-corrected chi connectivity index (χ0v) is 15.3. The number of nitrogens with one attached hydrogen (secondary N) is 1. The van der Waals surface area contributed by atoms with E-state index in [0.717, 1.165) is 28.9 Å². The van der Waals surface area contributed by atoms with Crippen LogP contribution < -0.4 is 10.2 Å². The molecule has 3 rings (SSSR count). The molecule has 0 spiro atoms. The molecule has 1 N–H and O–H groups in total. The number of hydrazone groups is 1. The molecule has 0 saturated carbocycles. The third-order valence-electron chi connectivity index (χ3n) is 4.38. The first kappa shape index (κ1) is 17.7. The lowest BCUT2D eigenvalue weighted by atomic mass is 10.1. The fourth-order valence-electron chi connectivity index (χ4n) is 3.12. The molecule has 0 aliphatic heterocycles. The third-order valence-corrected chi connectivity index (χ3v) is 4.38. The van der Waals surface area contributed by atoms with Crippen molar-refractivity contribution >= 4 is 23.0 Å². The van der Waals surface area contributed by atoms with Crippen LogP contribution >= 0.6 is 0 Å². The number of hydrogen-bond donors (Lipinski definition) is 1. The number of aromatic nitrogens is 1. The Labute approximate surface area is 153 Å². The molecule has 1 aromatic heterocycles. The zero-order valence-electron chi connectivity index (χ0n) is 15.3. The Hall–Kier alpha value is -3.08. The average Bonchev–Trinajstić information content (AvgIpc) is 2.94. The topological polar surface area (TPSA) is 55.6 Å². The highest BCUT2D eigenvalue weighted by atomic mass is 16.5. The molecule has 1 amide bonds. The van der Waals surface area contributed by atoms with Gasteiger partial charge in [0.25, 0.3) is 5.91 Å². The number of nitrogens with zero attached hydrogens (tertiary/aromatic N) is 2. The van der Waals surface area contributed by atoms with E-state index in [9.17, 15) is 4.79 Å². The lowest BCUT2D eigenvalue weighted by Crippen LogP contribution is -2.17. The van der Waals surface area contributed by atoms with Gasteiger partial charge in [0.15, 0.2) is 0 Å². The summed E-state index contributed by atoms with van der Waals surface area (Å²) in [5.74, 6) is 0.497. The molecule has 0 fully saturated rings. The Bertz CT molecular complexity index is 940. The number of carbonyl (C=O) groups is 1. The minimum atomic E-state index is -0.249. The highest BCUT2D eigenvalue weighted by Crippen LogP contribution is 2.24. The summed E-state index contributed by atoms with van der Waals surface area (Å²) in [7, 11) is 0. The van der Waals surface area contributed by atoms with Gasteiger partial charge in [0.2, 0.25) is 0 Å². The molecule has 134 valence electrons. The molecule has 2 aromatic carbocycles. The Morgan fingerprint density at radius 2 is 1.88 bits per heavy atom. The van der Waals surface area contributed by atoms with Crippen molar-refractivity contribution < 1.29 is 9.53 Å². The summed E-state index contributed by atoms with van der Waals surface area (Å²) in [4.78, 5) is 12.2. The van der Waals surface area contributed by atoms with Crippen LogP contribution in [0.25, 0.3) is 10.9 Å². The van der Waals surface area contributed by atoms with Gasteiger partial charge >= 0.3 is 0 Å². The Morgan fingerprint density at radius 1 is 1.15 bits per heavy atom. The molecule has 0 aliphatic carbocycles. The average molecular weight is 349 g/mol. The van der Waals surface area contributed by atoms with E-state index in [1.165, 1.54) is 5.52 Å². The monoisotopic (exact) mass is 349 g/mol. The van der Waals surface area contributed by atoms with Gasteiger partial charge in [-0.05, 0) is 51.1 Å². The molecule has 5 nitrogen and oxygen atoms in total. The summed E-state index contributed by atoms with van der Waals surface area (Å²) in [6, 6.07) is 15.2. The van der Waals surface area contributed by atoms with Crippen LogP contribution in [0.3, 0.4) is 0 Å². The van der Waals surface area contributed by atoms with Gasteiger partial charge in [-0.15, -0.1) is 0 Å². The van der Waals surface area contributed by atoms with Gasteiger partial charge in [-0.1, -0.05) is 18.2 Å². The molecule has 1 heterocycles. The molecule has 0 unspecified atom stereocenters. The van der Waals surface area contributed by atoms with Crippen LogP contribution in [-0.2, 0) is 6.54 Å². The second kappa shape index (κ2) is 7.87. The molecule has 5 heteroatoms. The standard InChI is InChI=1S/C21H23N3O2/c1-4-24-15(3)19(18-8-6-7-9-20(18)24)14-22-23-21(25)16-10-12-17(13-11-16)26-5-2/h6-14H,4-5H2,1-3H3,(H,23,25)/b22-14-. The lowest BCUT2D eigenvalue weighted by Gasteiger charge is -2.04. The summed E-state index contributed by atoms with van der Waals surface area (Å²) in [5.41, 5.74) is 6.47. The Kier molecular flexibility index (Phi) is 5.37. The lowest BCUT2D eigenvalue weighted by molar-refractivity contribution is 0.0955. The summed E-state index contributed by atoms with van der Waals surface area (Å²) < 4.78 is 7.62. The first-order chi connectivity index (χ1) is 12.7. The minimum Gasteiger partial charge on any atom is -0.494 e. The number of benzene rings is 2. The summed E-state index contributed by atoms with van der Waals surface area (Å²) in [6.07, 6.45) is 1.72. The fraction of sp³-hybridized carbons (Fsp3) is 0.238. The van der Waals surface area contributed by atoms with E-state index in [1.54, 1.807) is 30.5 Å². The number of fused-ring (bicyclic) bond motifs is 1. The second-order valence-corrected chi connectivity index (χ2v) is 5.92. The van der Waals surface area contributed by atoms with Crippen LogP contribution in [0, 0.1) is 6.92 Å². The highest BCUT2D eigenvalue weighted by molar-refractivity contribution is 6.02. The van der Waals surface area contributed by atoms with Gasteiger partial charge in [-0.3, -0.25) is 4.79 Å². The first-order valence-corrected chi connectivity index (χ1v) is 8.79. The molecule has 0 radical (unpaired) electrons. The van der Waals surface area contributed by atoms with Gasteiger partial charge in [0.05, 0.1) is 12.8 Å². The number of aryl methyl sites for hydroxylation is 1. The number of rotatable bonds is 6. The molecule has 0 atom stereocenters. The maximum Gasteiger partial charge on any atom is 0.271 e. The second-order valence-electron chi connectivity index (χ2n) is 5.92. The van der Waals surface area contributed by atoms with Crippen LogP contribution in [0.2, 0.25) is 0 Å². The number of amides is 1. The molecular weight excluding hydrogens is 326 g/mol. The number of ether oxygens (including phenoxy) is 1. The van der Waals surface area contributed by atoms with Crippen LogP contribution in [-0.4, -0.2) is 23.3 Å². The number of para-hydroxylation sites is 1. The van der Waals surface area contributed by atoms with Crippen molar-refractivity contribution in [3.8, 4) is 5.75 Å². The van der Waals surface area contributed by atoms with E-state index in [1.807, 2.05) is 19.1 Å². The summed E-state index contributed by atoms with van der Waals surface area (Å²) in [6.45, 7) is 7.60. The van der Waals surface area contributed by atoms with Gasteiger partial charge in [0, 0.05) is 34.3 Å². The summed E-state index contributed by atoms with van der Waals surface area (Å²) in [5, 5.41) is 5.30. The molecule has 3 aromatic rings. The predicted molar refractivity (Wildman–Crippen MR) is 105 cm³/mol. The van der Waals surface area contributed by atoms with Crippen molar-refractivity contribution in [1.29, 1.82) is 0 Å². The van der Waals surface area contributed by atoms with Crippen molar-refractivity contribution in [2.45, 2.75) is 27.3 Å². The van der Waals surface area contributed by atoms with E-state index in [2.05, 4.69) is 41.1 Å². The molecule has 0 aliphatic rings. The zero-order chi connectivity index (χ0) is 18.5. The largest absolute Gasteiger partial charge is 0.494 e. The molecule has 0 bridgehead atoms. The van der Waals surface area contributed by atoms with E-state index in [-0.39, 0.29) is 5.91 Å². The van der Waals surface area contributed by atoms with Gasteiger partial charge in [-0.25, -0.2) is 5.43 Å². The maximum absolute atomic E-state index is 12.2. The van der Waals surface area contributed by atoms with Crippen LogP contribution in [0.4, 0.5) is 0 Å². The van der Waals surface area contributed by atoms with E-state index in [0.29, 0.717) is 12.2 Å². The quantitative estimate of drug-likeness (QED) is 0.537. The smallest absolute Gasteiger partial charge is 0.271 e. The van der Waals surface area contributed by atoms with Gasteiger partial charge < -0.3 is 9.30 Å². The summed E-state index contributed by atoms with van der Waals surface area (Å²) >= 11 is 0. The maximum atomic E-state index is 12.2. The van der Waals surface area contributed by atoms with Crippen molar-refractivity contribution in [2.75, 3.05) is 6.61 Å². The SMILES string of the molecule is CCOc1ccc(C(=O)N/N=C\c2c(C)n(CC)c3ccccc23)cc1. The number of carbonyl (C=O) groups excluding carboxylic acids is 1. The fourth-order valence-corrected chi connectivity index (χ4v) is 3.12. The van der Waals surface area contributed by atoms with E-state index >= 15 is 0 Å². The highest BCUT2D eigenvalue weighted by Gasteiger charge is 2.11. The van der Waals surface area contributed by atoms with Crippen molar-refractivity contribution in [1.82, 2.24) is 9.99 Å². The minimum absolute atomic E-state index is 0.249. The van der Waals surface area contributed by atoms with Crippen molar-refractivity contribution in [3.05, 3.63) is 65.4 Å². The van der Waals surface area contributed by atoms with Crippen LogP contribution in [0.1, 0.15) is 35.5 Å². The van der Waals surface area contributed by atoms with Gasteiger partial charge in [-0.2, -0.15) is 5.10 Å². The third kappa shape index (κ3) is 3.47. The molecular formula is C21H23N3O2. The Morgan fingerprint density at radius 3 is 2.58 bits per heavy atom.